The third-order valence-corrected chi connectivity index (χ3v) is 4.37. The van der Waals surface area contributed by atoms with Gasteiger partial charge in [-0.05, 0) is 43.3 Å². The first kappa shape index (κ1) is 19.0. The highest BCUT2D eigenvalue weighted by Gasteiger charge is 2.21. The Kier molecular flexibility index (Phi) is 7.03. The van der Waals surface area contributed by atoms with Crippen molar-refractivity contribution in [2.24, 2.45) is 0 Å². The van der Waals surface area contributed by atoms with E-state index in [-0.39, 0.29) is 5.91 Å². The van der Waals surface area contributed by atoms with Crippen molar-refractivity contribution in [2.75, 3.05) is 6.54 Å². The number of pyridine rings is 1. The molecule has 5 nitrogen and oxygen atoms in total. The number of amides is 1. The van der Waals surface area contributed by atoms with Crippen LogP contribution in [0.25, 0.3) is 0 Å². The van der Waals surface area contributed by atoms with Crippen molar-refractivity contribution in [2.45, 2.75) is 22.9 Å². The second kappa shape index (κ2) is 9.25. The first-order chi connectivity index (χ1) is 12.0. The van der Waals surface area contributed by atoms with Crippen LogP contribution in [0.5, 0.6) is 0 Å². The third kappa shape index (κ3) is 5.62. The molecule has 0 bridgehead atoms. The minimum atomic E-state index is -0.916. The molecule has 0 spiro atoms. The van der Waals surface area contributed by atoms with E-state index >= 15 is 0 Å². The molecule has 7 heteroatoms. The maximum Gasteiger partial charge on any atom is 0.341 e. The van der Waals surface area contributed by atoms with Crippen molar-refractivity contribution in [1.82, 2.24) is 10.3 Å². The zero-order chi connectivity index (χ0) is 18.2. The van der Waals surface area contributed by atoms with Gasteiger partial charge in [-0.2, -0.15) is 0 Å². The number of nitrogens with zero attached hydrogens (tertiary/aromatic N) is 1. The van der Waals surface area contributed by atoms with Gasteiger partial charge < -0.3 is 10.1 Å². The Labute approximate surface area is 155 Å². The fourth-order valence-electron chi connectivity index (χ4n) is 1.84. The van der Waals surface area contributed by atoms with Crippen LogP contribution in [-0.2, 0) is 9.53 Å². The molecule has 1 heterocycles. The van der Waals surface area contributed by atoms with Gasteiger partial charge in [0.2, 0.25) is 0 Å². The van der Waals surface area contributed by atoms with Gasteiger partial charge in [-0.1, -0.05) is 29.4 Å². The van der Waals surface area contributed by atoms with E-state index in [0.29, 0.717) is 22.2 Å². The van der Waals surface area contributed by atoms with Crippen LogP contribution >= 0.6 is 23.4 Å². The number of carbonyl (C=O) groups excluding carboxylic acids is 2. The normalized spacial score (nSPS) is 11.4. The van der Waals surface area contributed by atoms with E-state index < -0.39 is 12.1 Å². The Morgan fingerprint density at radius 2 is 2.08 bits per heavy atom. The number of hydrogen-bond donors (Lipinski definition) is 1. The molecule has 2 aromatic rings. The summed E-state index contributed by atoms with van der Waals surface area (Å²) in [7, 11) is 0. The molecule has 1 amide bonds. The number of esters is 1. The van der Waals surface area contributed by atoms with Crippen LogP contribution in [0, 0.1) is 0 Å². The maximum absolute atomic E-state index is 12.4. The van der Waals surface area contributed by atoms with Crippen molar-refractivity contribution in [3.63, 3.8) is 0 Å². The smallest absolute Gasteiger partial charge is 0.341 e. The number of ether oxygens (including phenoxy) is 1. The van der Waals surface area contributed by atoms with Gasteiger partial charge in [-0.25, -0.2) is 9.78 Å². The van der Waals surface area contributed by atoms with Gasteiger partial charge in [0.25, 0.3) is 5.91 Å². The Balaban J connectivity index is 2.10. The molecule has 2 rings (SSSR count). The summed E-state index contributed by atoms with van der Waals surface area (Å²) in [5.74, 6) is -0.991. The molecular formula is C18H17ClN2O3S. The van der Waals surface area contributed by atoms with Crippen molar-refractivity contribution in [3.05, 3.63) is 65.8 Å². The minimum Gasteiger partial charge on any atom is -0.449 e. The molecule has 130 valence electrons. The molecule has 1 N–H and O–H groups in total. The average Bonchev–Trinajstić information content (AvgIpc) is 2.61. The molecule has 0 radical (unpaired) electrons. The molecule has 0 aliphatic rings. The molecule has 1 atom stereocenters. The predicted molar refractivity (Wildman–Crippen MR) is 97.9 cm³/mol. The van der Waals surface area contributed by atoms with Crippen LogP contribution < -0.4 is 5.32 Å². The SMILES string of the molecule is C=CCNC(=O)[C@H](C)OC(=O)c1cccnc1Sc1ccc(Cl)cc1. The van der Waals surface area contributed by atoms with E-state index in [4.69, 9.17) is 16.3 Å². The Hall–Kier alpha value is -2.31. The van der Waals surface area contributed by atoms with E-state index in [9.17, 15) is 9.59 Å². The molecule has 0 fully saturated rings. The van der Waals surface area contributed by atoms with E-state index in [1.165, 1.54) is 18.7 Å². The summed E-state index contributed by atoms with van der Waals surface area (Å²) in [6, 6.07) is 10.4. The molecule has 1 aromatic carbocycles. The Morgan fingerprint density at radius 3 is 2.76 bits per heavy atom. The molecule has 1 aromatic heterocycles. The van der Waals surface area contributed by atoms with Gasteiger partial charge in [0.15, 0.2) is 6.10 Å². The van der Waals surface area contributed by atoms with E-state index in [1.54, 1.807) is 36.5 Å². The lowest BCUT2D eigenvalue weighted by atomic mass is 10.3. The molecule has 25 heavy (non-hydrogen) atoms. The van der Waals surface area contributed by atoms with Crippen LogP contribution in [0.2, 0.25) is 5.02 Å². The van der Waals surface area contributed by atoms with Crippen LogP contribution in [0.15, 0.2) is 65.2 Å². The van der Waals surface area contributed by atoms with Crippen molar-refractivity contribution < 1.29 is 14.3 Å². The molecule has 0 aliphatic heterocycles. The highest BCUT2D eigenvalue weighted by molar-refractivity contribution is 7.99. The maximum atomic E-state index is 12.4. The number of benzene rings is 1. The lowest BCUT2D eigenvalue weighted by molar-refractivity contribution is -0.128. The first-order valence-electron chi connectivity index (χ1n) is 7.49. The second-order valence-electron chi connectivity index (χ2n) is 4.99. The number of aromatic nitrogens is 1. The number of halogens is 1. The predicted octanol–water partition coefficient (Wildman–Crippen LogP) is 3.73. The zero-order valence-electron chi connectivity index (χ0n) is 13.6. The largest absolute Gasteiger partial charge is 0.449 e. The summed E-state index contributed by atoms with van der Waals surface area (Å²) >= 11 is 7.19. The quantitative estimate of drug-likeness (QED) is 0.589. The Bertz CT molecular complexity index is 765. The first-order valence-corrected chi connectivity index (χ1v) is 8.68. The monoisotopic (exact) mass is 376 g/mol. The van der Waals surface area contributed by atoms with Gasteiger partial charge in [0, 0.05) is 22.7 Å². The van der Waals surface area contributed by atoms with Gasteiger partial charge in [0.05, 0.1) is 5.56 Å². The number of hydrogen-bond acceptors (Lipinski definition) is 5. The molecule has 0 saturated heterocycles. The lowest BCUT2D eigenvalue weighted by Crippen LogP contribution is -2.35. The fourth-order valence-corrected chi connectivity index (χ4v) is 2.83. The third-order valence-electron chi connectivity index (χ3n) is 3.09. The number of nitrogens with one attached hydrogen (secondary N) is 1. The molecule has 0 saturated carbocycles. The van der Waals surface area contributed by atoms with Gasteiger partial charge in [-0.15, -0.1) is 6.58 Å². The van der Waals surface area contributed by atoms with E-state index in [1.807, 2.05) is 12.1 Å². The summed E-state index contributed by atoms with van der Waals surface area (Å²) in [6.45, 7) is 5.34. The highest BCUT2D eigenvalue weighted by Crippen LogP contribution is 2.29. The van der Waals surface area contributed by atoms with Crippen molar-refractivity contribution in [3.8, 4) is 0 Å². The van der Waals surface area contributed by atoms with Crippen LogP contribution in [0.4, 0.5) is 0 Å². The minimum absolute atomic E-state index is 0.297. The summed E-state index contributed by atoms with van der Waals surface area (Å²) in [6.07, 6.45) is 2.23. The van der Waals surface area contributed by atoms with Crippen molar-refractivity contribution >= 4 is 35.2 Å². The van der Waals surface area contributed by atoms with Crippen LogP contribution in [0.1, 0.15) is 17.3 Å². The molecule has 0 unspecified atom stereocenters. The van der Waals surface area contributed by atoms with Crippen molar-refractivity contribution in [1.29, 1.82) is 0 Å². The Morgan fingerprint density at radius 1 is 1.36 bits per heavy atom. The highest BCUT2D eigenvalue weighted by atomic mass is 35.5. The standard InChI is InChI=1S/C18H17ClN2O3S/c1-3-10-20-16(22)12(2)24-18(23)15-5-4-11-21-17(15)25-14-8-6-13(19)7-9-14/h3-9,11-12H,1,10H2,2H3,(H,20,22)/t12-/m0/s1. The lowest BCUT2D eigenvalue weighted by Gasteiger charge is -2.14. The average molecular weight is 377 g/mol. The van der Waals surface area contributed by atoms with Gasteiger partial charge >= 0.3 is 5.97 Å². The van der Waals surface area contributed by atoms with Gasteiger partial charge in [0.1, 0.15) is 5.03 Å². The summed E-state index contributed by atoms with van der Waals surface area (Å²) in [5.41, 5.74) is 0.297. The van der Waals surface area contributed by atoms with Gasteiger partial charge in [-0.3, -0.25) is 4.79 Å². The summed E-state index contributed by atoms with van der Waals surface area (Å²) < 4.78 is 5.23. The zero-order valence-corrected chi connectivity index (χ0v) is 15.1. The summed E-state index contributed by atoms with van der Waals surface area (Å²) in [4.78, 5) is 29.3. The fraction of sp³-hybridized carbons (Fsp3) is 0.167. The topological polar surface area (TPSA) is 68.3 Å². The van der Waals surface area contributed by atoms with E-state index in [0.717, 1.165) is 4.90 Å². The summed E-state index contributed by atoms with van der Waals surface area (Å²) in [5, 5.41) is 3.70. The van der Waals surface area contributed by atoms with Crippen LogP contribution in [0.3, 0.4) is 0 Å². The number of carbonyl (C=O) groups is 2. The van der Waals surface area contributed by atoms with E-state index in [2.05, 4.69) is 16.9 Å². The van der Waals surface area contributed by atoms with Crippen LogP contribution in [-0.4, -0.2) is 29.5 Å². The molecular weight excluding hydrogens is 360 g/mol. The second-order valence-corrected chi connectivity index (χ2v) is 6.49. The number of rotatable bonds is 7. The molecule has 0 aliphatic carbocycles.